The van der Waals surface area contributed by atoms with Gasteiger partial charge in [0.05, 0.1) is 16.3 Å². The highest BCUT2D eigenvalue weighted by atomic mass is 35.5. The minimum Gasteiger partial charge on any atom is -0.331 e. The first-order valence-corrected chi connectivity index (χ1v) is 7.20. The molecule has 0 unspecified atom stereocenters. The van der Waals surface area contributed by atoms with Gasteiger partial charge in [0, 0.05) is 5.56 Å². The van der Waals surface area contributed by atoms with Crippen molar-refractivity contribution in [3.05, 3.63) is 64.4 Å². The molecule has 0 aliphatic heterocycles. The second-order valence-electron chi connectivity index (χ2n) is 4.61. The monoisotopic (exact) mass is 376 g/mol. The fourth-order valence-corrected chi connectivity index (χ4v) is 2.15. The summed E-state index contributed by atoms with van der Waals surface area (Å²) in [6.07, 6.45) is -4.51. The van der Waals surface area contributed by atoms with Crippen LogP contribution >= 0.6 is 23.8 Å². The second-order valence-corrected chi connectivity index (χ2v) is 5.42. The summed E-state index contributed by atoms with van der Waals surface area (Å²) in [6.45, 7) is 0. The predicted molar refractivity (Wildman–Crippen MR) is 86.5 cm³/mol. The van der Waals surface area contributed by atoms with Gasteiger partial charge in [-0.2, -0.15) is 13.2 Å². The van der Waals surface area contributed by atoms with Crippen molar-refractivity contribution < 1.29 is 22.4 Å². The molecule has 2 aromatic carbocycles. The van der Waals surface area contributed by atoms with Gasteiger partial charge in [0.2, 0.25) is 0 Å². The highest BCUT2D eigenvalue weighted by molar-refractivity contribution is 7.80. The minimum atomic E-state index is -4.51. The maximum atomic E-state index is 12.8. The van der Waals surface area contributed by atoms with Crippen LogP contribution < -0.4 is 10.6 Å². The van der Waals surface area contributed by atoms with E-state index in [1.807, 2.05) is 0 Å². The SMILES string of the molecule is O=C(NC(=S)Nc1ccc(C(F)(F)F)cc1Cl)c1ccc(F)cc1. The van der Waals surface area contributed by atoms with Gasteiger partial charge < -0.3 is 5.32 Å². The first-order valence-electron chi connectivity index (χ1n) is 6.41. The summed E-state index contributed by atoms with van der Waals surface area (Å²) < 4.78 is 50.5. The average Bonchev–Trinajstić information content (AvgIpc) is 2.48. The number of rotatable bonds is 2. The molecule has 0 aliphatic rings. The zero-order valence-electron chi connectivity index (χ0n) is 11.7. The molecule has 0 saturated carbocycles. The van der Waals surface area contributed by atoms with Crippen LogP contribution in [0.25, 0.3) is 0 Å². The number of halogens is 5. The number of hydrogen-bond donors (Lipinski definition) is 2. The number of anilines is 1. The van der Waals surface area contributed by atoms with Crippen LogP contribution in [-0.2, 0) is 6.18 Å². The second kappa shape index (κ2) is 7.14. The third kappa shape index (κ3) is 4.65. The third-order valence-corrected chi connectivity index (χ3v) is 3.39. The number of benzene rings is 2. The van der Waals surface area contributed by atoms with Crippen LogP contribution in [0.2, 0.25) is 5.02 Å². The molecule has 2 aromatic rings. The van der Waals surface area contributed by atoms with Gasteiger partial charge in [-0.05, 0) is 54.7 Å². The van der Waals surface area contributed by atoms with Crippen LogP contribution in [0.3, 0.4) is 0 Å². The molecule has 0 aliphatic carbocycles. The zero-order valence-corrected chi connectivity index (χ0v) is 13.3. The Morgan fingerprint density at radius 1 is 1.08 bits per heavy atom. The van der Waals surface area contributed by atoms with Crippen molar-refractivity contribution in [2.75, 3.05) is 5.32 Å². The number of carbonyl (C=O) groups excluding carboxylic acids is 1. The summed E-state index contributed by atoms with van der Waals surface area (Å²) >= 11 is 10.7. The summed E-state index contributed by atoms with van der Waals surface area (Å²) in [4.78, 5) is 11.9. The van der Waals surface area contributed by atoms with Crippen LogP contribution in [0.1, 0.15) is 15.9 Å². The molecule has 2 rings (SSSR count). The van der Waals surface area contributed by atoms with E-state index in [0.29, 0.717) is 0 Å². The summed E-state index contributed by atoms with van der Waals surface area (Å²) in [7, 11) is 0. The van der Waals surface area contributed by atoms with E-state index in [4.69, 9.17) is 23.8 Å². The Labute approximate surface area is 144 Å². The Morgan fingerprint density at radius 2 is 1.71 bits per heavy atom. The van der Waals surface area contributed by atoms with E-state index in [-0.39, 0.29) is 21.4 Å². The highest BCUT2D eigenvalue weighted by Gasteiger charge is 2.30. The van der Waals surface area contributed by atoms with E-state index in [9.17, 15) is 22.4 Å². The topological polar surface area (TPSA) is 41.1 Å². The Hall–Kier alpha value is -2.19. The third-order valence-electron chi connectivity index (χ3n) is 2.88. The molecule has 1 amide bonds. The van der Waals surface area contributed by atoms with Crippen molar-refractivity contribution in [2.24, 2.45) is 0 Å². The molecule has 3 nitrogen and oxygen atoms in total. The molecule has 126 valence electrons. The quantitative estimate of drug-likeness (QED) is 0.593. The van der Waals surface area contributed by atoms with E-state index >= 15 is 0 Å². The first kappa shape index (κ1) is 18.2. The van der Waals surface area contributed by atoms with Gasteiger partial charge in [-0.1, -0.05) is 11.6 Å². The summed E-state index contributed by atoms with van der Waals surface area (Å²) in [5, 5.41) is 4.47. The lowest BCUT2D eigenvalue weighted by atomic mass is 10.2. The van der Waals surface area contributed by atoms with Crippen molar-refractivity contribution in [2.45, 2.75) is 6.18 Å². The number of hydrogen-bond acceptors (Lipinski definition) is 2. The van der Waals surface area contributed by atoms with Gasteiger partial charge in [0.15, 0.2) is 5.11 Å². The summed E-state index contributed by atoms with van der Waals surface area (Å²) in [6, 6.07) is 7.42. The van der Waals surface area contributed by atoms with Crippen LogP contribution in [0, 0.1) is 5.82 Å². The fraction of sp³-hybridized carbons (Fsp3) is 0.0667. The van der Waals surface area contributed by atoms with E-state index < -0.39 is 23.5 Å². The Morgan fingerprint density at radius 3 is 2.25 bits per heavy atom. The van der Waals surface area contributed by atoms with Crippen molar-refractivity contribution in [1.82, 2.24) is 5.32 Å². The molecule has 0 fully saturated rings. The maximum absolute atomic E-state index is 12.8. The molecule has 24 heavy (non-hydrogen) atoms. The highest BCUT2D eigenvalue weighted by Crippen LogP contribution is 2.33. The molecule has 9 heteroatoms. The smallest absolute Gasteiger partial charge is 0.331 e. The van der Waals surface area contributed by atoms with Crippen molar-refractivity contribution in [3.63, 3.8) is 0 Å². The van der Waals surface area contributed by atoms with Crippen LogP contribution in [0.5, 0.6) is 0 Å². The van der Waals surface area contributed by atoms with Crippen molar-refractivity contribution in [3.8, 4) is 0 Å². The molecular weight excluding hydrogens is 368 g/mol. The van der Waals surface area contributed by atoms with Crippen molar-refractivity contribution in [1.29, 1.82) is 0 Å². The molecule has 0 heterocycles. The summed E-state index contributed by atoms with van der Waals surface area (Å²) in [5.74, 6) is -1.10. The molecule has 0 bridgehead atoms. The number of amides is 1. The van der Waals surface area contributed by atoms with E-state index in [2.05, 4.69) is 10.6 Å². The Balaban J connectivity index is 2.04. The van der Waals surface area contributed by atoms with Crippen LogP contribution in [0.4, 0.5) is 23.2 Å². The molecule has 0 atom stereocenters. The van der Waals surface area contributed by atoms with E-state index in [1.54, 1.807) is 0 Å². The number of carbonyl (C=O) groups is 1. The Kier molecular flexibility index (Phi) is 5.40. The molecular formula is C15H9ClF4N2OS. The maximum Gasteiger partial charge on any atom is 0.416 e. The number of alkyl halides is 3. The molecule has 2 N–H and O–H groups in total. The summed E-state index contributed by atoms with van der Waals surface area (Å²) in [5.41, 5.74) is -0.632. The van der Waals surface area contributed by atoms with E-state index in [1.165, 1.54) is 12.1 Å². The zero-order chi connectivity index (χ0) is 17.9. The van der Waals surface area contributed by atoms with Crippen LogP contribution in [0.15, 0.2) is 42.5 Å². The molecule has 0 saturated heterocycles. The predicted octanol–water partition coefficient (Wildman–Crippen LogP) is 4.62. The lowest BCUT2D eigenvalue weighted by molar-refractivity contribution is -0.137. The lowest BCUT2D eigenvalue weighted by Gasteiger charge is -2.13. The molecule has 0 spiro atoms. The lowest BCUT2D eigenvalue weighted by Crippen LogP contribution is -2.34. The van der Waals surface area contributed by atoms with Gasteiger partial charge in [-0.15, -0.1) is 0 Å². The normalized spacial score (nSPS) is 11.0. The van der Waals surface area contributed by atoms with Gasteiger partial charge >= 0.3 is 6.18 Å². The van der Waals surface area contributed by atoms with Crippen LogP contribution in [-0.4, -0.2) is 11.0 Å². The van der Waals surface area contributed by atoms with Gasteiger partial charge in [-0.25, -0.2) is 4.39 Å². The average molecular weight is 377 g/mol. The number of nitrogens with one attached hydrogen (secondary N) is 2. The minimum absolute atomic E-state index is 0.106. The van der Waals surface area contributed by atoms with Gasteiger partial charge in [0.25, 0.3) is 5.91 Å². The molecule has 0 radical (unpaired) electrons. The number of thiocarbonyl (C=S) groups is 1. The van der Waals surface area contributed by atoms with E-state index in [0.717, 1.165) is 30.3 Å². The fourth-order valence-electron chi connectivity index (χ4n) is 1.72. The van der Waals surface area contributed by atoms with Gasteiger partial charge in [0.1, 0.15) is 5.82 Å². The molecule has 0 aromatic heterocycles. The van der Waals surface area contributed by atoms with Gasteiger partial charge in [-0.3, -0.25) is 10.1 Å². The largest absolute Gasteiger partial charge is 0.416 e. The standard InChI is InChI=1S/C15H9ClF4N2OS/c16-11-7-9(15(18,19)20)3-6-12(11)21-14(24)22-13(23)8-1-4-10(17)5-2-8/h1-7H,(H2,21,22,23,24). The first-order chi connectivity index (χ1) is 11.2. The van der Waals surface area contributed by atoms with Crippen molar-refractivity contribution >= 4 is 40.5 Å². The Bertz CT molecular complexity index is 778.